The molecule has 0 aromatic heterocycles. The lowest BCUT2D eigenvalue weighted by Gasteiger charge is -2.13. The largest absolute Gasteiger partial charge is 0.322 e. The number of hydrogen-bond donors (Lipinski definition) is 2. The van der Waals surface area contributed by atoms with Crippen molar-refractivity contribution in [3.8, 4) is 6.07 Å². The van der Waals surface area contributed by atoms with Gasteiger partial charge < -0.3 is 5.32 Å². The van der Waals surface area contributed by atoms with E-state index in [-0.39, 0.29) is 21.8 Å². The molecule has 3 aromatic carbocycles. The molecule has 3 rings (SSSR count). The van der Waals surface area contributed by atoms with E-state index in [4.69, 9.17) is 5.26 Å². The van der Waals surface area contributed by atoms with E-state index in [1.54, 1.807) is 31.2 Å². The molecule has 0 aliphatic heterocycles. The van der Waals surface area contributed by atoms with Crippen molar-refractivity contribution in [2.24, 2.45) is 0 Å². The molecule has 0 bridgehead atoms. The van der Waals surface area contributed by atoms with Crippen LogP contribution in [0.2, 0.25) is 0 Å². The lowest BCUT2D eigenvalue weighted by molar-refractivity contribution is 0.102. The van der Waals surface area contributed by atoms with Crippen molar-refractivity contribution in [2.45, 2.75) is 11.8 Å². The molecule has 146 valence electrons. The molecule has 8 heteroatoms. The van der Waals surface area contributed by atoms with Crippen LogP contribution in [0.15, 0.2) is 71.6 Å². The van der Waals surface area contributed by atoms with Gasteiger partial charge in [-0.25, -0.2) is 12.8 Å². The standard InChI is InChI=1S/C21H16FN3O3S/c1-14-9-10-17(24-21(26)16-6-4-5-15(11-16)13-23)12-20(14)29(27,28)25-19-8-3-2-7-18(19)22/h2-12,25H,1H3,(H,24,26). The van der Waals surface area contributed by atoms with Crippen LogP contribution in [0.4, 0.5) is 15.8 Å². The number of hydrogen-bond acceptors (Lipinski definition) is 4. The highest BCUT2D eigenvalue weighted by Gasteiger charge is 2.20. The SMILES string of the molecule is Cc1ccc(NC(=O)c2cccc(C#N)c2)cc1S(=O)(=O)Nc1ccccc1F. The van der Waals surface area contributed by atoms with Crippen LogP contribution in [-0.4, -0.2) is 14.3 Å². The molecule has 0 saturated heterocycles. The van der Waals surface area contributed by atoms with Crippen LogP contribution in [0.3, 0.4) is 0 Å². The normalized spacial score (nSPS) is 10.8. The number of carbonyl (C=O) groups excluding carboxylic acids is 1. The Kier molecular flexibility index (Phi) is 5.61. The van der Waals surface area contributed by atoms with Crippen molar-refractivity contribution < 1.29 is 17.6 Å². The first kappa shape index (κ1) is 20.0. The van der Waals surface area contributed by atoms with Gasteiger partial charge in [0.15, 0.2) is 0 Å². The first-order chi connectivity index (χ1) is 13.8. The number of rotatable bonds is 5. The number of anilines is 2. The van der Waals surface area contributed by atoms with Crippen LogP contribution >= 0.6 is 0 Å². The average molecular weight is 409 g/mol. The molecule has 0 saturated carbocycles. The lowest BCUT2D eigenvalue weighted by atomic mass is 10.1. The Labute approximate surface area is 167 Å². The Hall–Kier alpha value is -3.70. The summed E-state index contributed by atoms with van der Waals surface area (Å²) in [4.78, 5) is 12.3. The Bertz CT molecular complexity index is 1230. The van der Waals surface area contributed by atoms with Crippen molar-refractivity contribution in [1.82, 2.24) is 0 Å². The second kappa shape index (κ2) is 8.12. The van der Waals surface area contributed by atoms with E-state index in [1.165, 1.54) is 36.4 Å². The summed E-state index contributed by atoms with van der Waals surface area (Å²) in [6, 6.07) is 17.9. The van der Waals surface area contributed by atoms with Crippen LogP contribution in [-0.2, 0) is 10.0 Å². The fraction of sp³-hybridized carbons (Fsp3) is 0.0476. The van der Waals surface area contributed by atoms with Crippen LogP contribution in [0.25, 0.3) is 0 Å². The minimum absolute atomic E-state index is 0.0932. The first-order valence-electron chi connectivity index (χ1n) is 8.50. The van der Waals surface area contributed by atoms with E-state index in [9.17, 15) is 17.6 Å². The van der Waals surface area contributed by atoms with Crippen LogP contribution in [0.5, 0.6) is 0 Å². The molecule has 3 aromatic rings. The first-order valence-corrected chi connectivity index (χ1v) is 9.98. The number of benzene rings is 3. The highest BCUT2D eigenvalue weighted by molar-refractivity contribution is 7.92. The molecule has 0 aliphatic carbocycles. The van der Waals surface area contributed by atoms with Crippen molar-refractivity contribution in [3.63, 3.8) is 0 Å². The Morgan fingerprint density at radius 2 is 1.79 bits per heavy atom. The Balaban J connectivity index is 1.88. The highest BCUT2D eigenvalue weighted by atomic mass is 32.2. The summed E-state index contributed by atoms with van der Waals surface area (Å²) in [5.41, 5.74) is 1.10. The van der Waals surface area contributed by atoms with E-state index < -0.39 is 21.7 Å². The van der Waals surface area contributed by atoms with Gasteiger partial charge >= 0.3 is 0 Å². The minimum atomic E-state index is -4.08. The van der Waals surface area contributed by atoms with Gasteiger partial charge in [-0.3, -0.25) is 9.52 Å². The van der Waals surface area contributed by atoms with Crippen molar-refractivity contribution in [3.05, 3.63) is 89.2 Å². The van der Waals surface area contributed by atoms with E-state index in [0.717, 1.165) is 6.07 Å². The number of halogens is 1. The highest BCUT2D eigenvalue weighted by Crippen LogP contribution is 2.24. The molecule has 0 unspecified atom stereocenters. The average Bonchev–Trinajstić information content (AvgIpc) is 2.71. The number of nitrogens with zero attached hydrogens (tertiary/aromatic N) is 1. The zero-order valence-corrected chi connectivity index (χ0v) is 16.1. The fourth-order valence-corrected chi connectivity index (χ4v) is 3.98. The smallest absolute Gasteiger partial charge is 0.262 e. The summed E-state index contributed by atoms with van der Waals surface area (Å²) < 4.78 is 41.5. The van der Waals surface area contributed by atoms with E-state index in [0.29, 0.717) is 11.1 Å². The summed E-state index contributed by atoms with van der Waals surface area (Å²) in [7, 11) is -4.08. The fourth-order valence-electron chi connectivity index (χ4n) is 2.64. The maximum Gasteiger partial charge on any atom is 0.262 e. The maximum absolute atomic E-state index is 13.8. The van der Waals surface area contributed by atoms with Gasteiger partial charge in [0.05, 0.1) is 22.2 Å². The van der Waals surface area contributed by atoms with Gasteiger partial charge in [0, 0.05) is 11.3 Å². The quantitative estimate of drug-likeness (QED) is 0.664. The molecule has 6 nitrogen and oxygen atoms in total. The molecule has 0 atom stereocenters. The molecule has 0 heterocycles. The van der Waals surface area contributed by atoms with Crippen molar-refractivity contribution >= 4 is 27.3 Å². The van der Waals surface area contributed by atoms with Gasteiger partial charge in [0.1, 0.15) is 5.82 Å². The van der Waals surface area contributed by atoms with Gasteiger partial charge in [-0.2, -0.15) is 5.26 Å². The predicted octanol–water partition coefficient (Wildman–Crippen LogP) is 4.06. The maximum atomic E-state index is 13.8. The van der Waals surface area contributed by atoms with Crippen LogP contribution < -0.4 is 10.0 Å². The molecule has 2 N–H and O–H groups in total. The van der Waals surface area contributed by atoms with E-state index in [1.807, 2.05) is 6.07 Å². The van der Waals surface area contributed by atoms with Crippen LogP contribution in [0.1, 0.15) is 21.5 Å². The van der Waals surface area contributed by atoms with Gasteiger partial charge in [-0.1, -0.05) is 24.3 Å². The number of aryl methyl sites for hydroxylation is 1. The third-order valence-electron chi connectivity index (χ3n) is 4.11. The number of nitrogens with one attached hydrogen (secondary N) is 2. The molecular weight excluding hydrogens is 393 g/mol. The number of nitriles is 1. The van der Waals surface area contributed by atoms with Gasteiger partial charge in [0.25, 0.3) is 15.9 Å². The molecule has 0 aliphatic rings. The number of sulfonamides is 1. The van der Waals surface area contributed by atoms with Gasteiger partial charge in [-0.15, -0.1) is 0 Å². The zero-order valence-electron chi connectivity index (χ0n) is 15.3. The summed E-state index contributed by atoms with van der Waals surface area (Å²) in [5, 5.41) is 11.6. The van der Waals surface area contributed by atoms with Gasteiger partial charge in [-0.05, 0) is 55.0 Å². The third-order valence-corrected chi connectivity index (χ3v) is 5.62. The second-order valence-corrected chi connectivity index (χ2v) is 7.86. The summed E-state index contributed by atoms with van der Waals surface area (Å²) in [5.74, 6) is -1.19. The second-order valence-electron chi connectivity index (χ2n) is 6.21. The molecule has 29 heavy (non-hydrogen) atoms. The minimum Gasteiger partial charge on any atom is -0.322 e. The molecular formula is C21H16FN3O3S. The molecule has 0 fully saturated rings. The predicted molar refractivity (Wildman–Crippen MR) is 107 cm³/mol. The monoisotopic (exact) mass is 409 g/mol. The van der Waals surface area contributed by atoms with Crippen molar-refractivity contribution in [2.75, 3.05) is 10.0 Å². The van der Waals surface area contributed by atoms with E-state index >= 15 is 0 Å². The topological polar surface area (TPSA) is 99.1 Å². The summed E-state index contributed by atoms with van der Waals surface area (Å²) >= 11 is 0. The third kappa shape index (κ3) is 4.59. The number of amides is 1. The summed E-state index contributed by atoms with van der Waals surface area (Å²) in [6.45, 7) is 1.60. The molecule has 0 spiro atoms. The molecule has 1 amide bonds. The Morgan fingerprint density at radius 3 is 2.52 bits per heavy atom. The lowest BCUT2D eigenvalue weighted by Crippen LogP contribution is -2.17. The summed E-state index contributed by atoms with van der Waals surface area (Å²) in [6.07, 6.45) is 0. The van der Waals surface area contributed by atoms with Gasteiger partial charge in [0.2, 0.25) is 0 Å². The number of carbonyl (C=O) groups is 1. The number of para-hydroxylation sites is 1. The van der Waals surface area contributed by atoms with Crippen molar-refractivity contribution in [1.29, 1.82) is 5.26 Å². The molecule has 0 radical (unpaired) electrons. The van der Waals surface area contributed by atoms with E-state index in [2.05, 4.69) is 10.0 Å². The van der Waals surface area contributed by atoms with Crippen LogP contribution in [0, 0.1) is 24.1 Å². The zero-order chi connectivity index (χ0) is 21.0. The Morgan fingerprint density at radius 1 is 1.03 bits per heavy atom.